The van der Waals surface area contributed by atoms with E-state index < -0.39 is 0 Å². The fourth-order valence-electron chi connectivity index (χ4n) is 3.95. The van der Waals surface area contributed by atoms with Crippen LogP contribution in [0, 0.1) is 11.8 Å². The summed E-state index contributed by atoms with van der Waals surface area (Å²) >= 11 is 1.87. The van der Waals surface area contributed by atoms with Crippen LogP contribution in [0.25, 0.3) is 0 Å². The third kappa shape index (κ3) is 5.96. The molecule has 3 rings (SSSR count). The van der Waals surface area contributed by atoms with E-state index in [2.05, 4.69) is 46.6 Å². The summed E-state index contributed by atoms with van der Waals surface area (Å²) in [6, 6.07) is 4.40. The van der Waals surface area contributed by atoms with Crippen LogP contribution in [0.5, 0.6) is 0 Å². The zero-order valence-electron chi connectivity index (χ0n) is 16.3. The van der Waals surface area contributed by atoms with Gasteiger partial charge in [-0.2, -0.15) is 0 Å². The van der Waals surface area contributed by atoms with E-state index in [0.29, 0.717) is 11.8 Å². The van der Waals surface area contributed by atoms with Crippen molar-refractivity contribution in [2.45, 2.75) is 32.7 Å². The van der Waals surface area contributed by atoms with Gasteiger partial charge in [0.1, 0.15) is 0 Å². The van der Waals surface area contributed by atoms with Crippen molar-refractivity contribution in [1.82, 2.24) is 15.1 Å². The zero-order valence-corrected chi connectivity index (χ0v) is 17.1. The average Bonchev–Trinajstić information content (AvgIpc) is 3.33. The van der Waals surface area contributed by atoms with Gasteiger partial charge in [0.05, 0.1) is 6.61 Å². The number of thiophene rings is 1. The number of nitrogens with one attached hydrogen (secondary N) is 1. The van der Waals surface area contributed by atoms with Gasteiger partial charge >= 0.3 is 0 Å². The van der Waals surface area contributed by atoms with Gasteiger partial charge in [0.25, 0.3) is 0 Å². The van der Waals surface area contributed by atoms with E-state index in [0.717, 1.165) is 45.4 Å². The predicted octanol–water partition coefficient (Wildman–Crippen LogP) is 2.89. The lowest BCUT2D eigenvalue weighted by atomic mass is 9.98. The highest BCUT2D eigenvalue weighted by atomic mass is 32.1. The third-order valence-corrected chi connectivity index (χ3v) is 6.18. The minimum Gasteiger partial charge on any atom is -0.381 e. The lowest BCUT2D eigenvalue weighted by Crippen LogP contribution is -2.42. The molecule has 0 bridgehead atoms. The molecule has 3 heterocycles. The van der Waals surface area contributed by atoms with Gasteiger partial charge in [0.2, 0.25) is 0 Å². The fraction of sp³-hybridized carbons (Fsp3) is 0.750. The number of aliphatic imine (C=N–C) groups is 1. The molecule has 0 aliphatic carbocycles. The molecule has 0 spiro atoms. The molecule has 2 fully saturated rings. The molecule has 0 saturated carbocycles. The smallest absolute Gasteiger partial charge is 0.193 e. The molecule has 0 radical (unpaired) electrons. The van der Waals surface area contributed by atoms with E-state index in [9.17, 15) is 0 Å². The molecule has 146 valence electrons. The molecule has 26 heavy (non-hydrogen) atoms. The van der Waals surface area contributed by atoms with E-state index in [1.807, 2.05) is 11.3 Å². The van der Waals surface area contributed by atoms with Crippen LogP contribution < -0.4 is 5.32 Å². The Morgan fingerprint density at radius 2 is 2.35 bits per heavy atom. The van der Waals surface area contributed by atoms with Gasteiger partial charge in [-0.1, -0.05) is 6.07 Å². The Hall–Kier alpha value is -1.11. The first-order valence-corrected chi connectivity index (χ1v) is 10.9. The Labute approximate surface area is 162 Å². The lowest BCUT2D eigenvalue weighted by molar-refractivity contribution is 0.172. The zero-order chi connectivity index (χ0) is 18.2. The first kappa shape index (κ1) is 19.6. The summed E-state index contributed by atoms with van der Waals surface area (Å²) in [5.41, 5.74) is 0. The maximum atomic E-state index is 5.52. The lowest BCUT2D eigenvalue weighted by Gasteiger charge is -2.32. The SMILES string of the molecule is CCNC(=NCC1CCCN(Cc2cccs2)C1)N(C)CC1CCOC1. The summed E-state index contributed by atoms with van der Waals surface area (Å²) < 4.78 is 5.52. The second-order valence-corrected chi connectivity index (χ2v) is 8.66. The Morgan fingerprint density at radius 1 is 1.42 bits per heavy atom. The van der Waals surface area contributed by atoms with Crippen molar-refractivity contribution in [1.29, 1.82) is 0 Å². The molecule has 5 nitrogen and oxygen atoms in total. The maximum Gasteiger partial charge on any atom is 0.193 e. The molecule has 2 atom stereocenters. The fourth-order valence-corrected chi connectivity index (χ4v) is 4.70. The first-order chi connectivity index (χ1) is 12.7. The molecule has 2 aliphatic heterocycles. The molecule has 1 aromatic rings. The standard InChI is InChI=1S/C20H34N4OS/c1-3-21-20(23(2)13-18-8-10-25-16-18)22-12-17-6-4-9-24(14-17)15-19-7-5-11-26-19/h5,7,11,17-18H,3-4,6,8-10,12-16H2,1-2H3,(H,21,22). The second-order valence-electron chi connectivity index (χ2n) is 7.63. The van der Waals surface area contributed by atoms with Gasteiger partial charge in [-0.15, -0.1) is 11.3 Å². The van der Waals surface area contributed by atoms with Crippen molar-refractivity contribution in [2.75, 3.05) is 53.0 Å². The number of guanidine groups is 1. The summed E-state index contributed by atoms with van der Waals surface area (Å²) in [4.78, 5) is 11.3. The Bertz CT molecular complexity index is 542. The molecule has 2 aliphatic rings. The van der Waals surface area contributed by atoms with Crippen LogP contribution in [0.4, 0.5) is 0 Å². The van der Waals surface area contributed by atoms with Crippen molar-refractivity contribution >= 4 is 17.3 Å². The molecule has 1 N–H and O–H groups in total. The normalized spacial score (nSPS) is 24.8. The minimum atomic E-state index is 0.639. The van der Waals surface area contributed by atoms with Crippen LogP contribution >= 0.6 is 11.3 Å². The molecule has 2 saturated heterocycles. The topological polar surface area (TPSA) is 40.1 Å². The number of ether oxygens (including phenoxy) is 1. The largest absolute Gasteiger partial charge is 0.381 e. The first-order valence-electron chi connectivity index (χ1n) is 10.1. The van der Waals surface area contributed by atoms with E-state index in [1.54, 1.807) is 0 Å². The molecule has 0 amide bonds. The second kappa shape index (κ2) is 10.3. The van der Waals surface area contributed by atoms with Gasteiger partial charge in [0, 0.05) is 57.2 Å². The Morgan fingerprint density at radius 3 is 3.08 bits per heavy atom. The van der Waals surface area contributed by atoms with Crippen molar-refractivity contribution in [3.8, 4) is 0 Å². The van der Waals surface area contributed by atoms with Crippen molar-refractivity contribution in [3.63, 3.8) is 0 Å². The van der Waals surface area contributed by atoms with E-state index >= 15 is 0 Å². The third-order valence-electron chi connectivity index (χ3n) is 5.31. The highest BCUT2D eigenvalue weighted by molar-refractivity contribution is 7.09. The van der Waals surface area contributed by atoms with Crippen LogP contribution in [-0.2, 0) is 11.3 Å². The number of nitrogens with zero attached hydrogens (tertiary/aromatic N) is 3. The number of hydrogen-bond donors (Lipinski definition) is 1. The van der Waals surface area contributed by atoms with Crippen LogP contribution in [0.2, 0.25) is 0 Å². The van der Waals surface area contributed by atoms with E-state index in [-0.39, 0.29) is 0 Å². The van der Waals surface area contributed by atoms with Gasteiger partial charge in [-0.3, -0.25) is 9.89 Å². The van der Waals surface area contributed by atoms with Gasteiger partial charge in [0.15, 0.2) is 5.96 Å². The number of rotatable bonds is 7. The summed E-state index contributed by atoms with van der Waals surface area (Å²) in [5.74, 6) is 2.36. The molecule has 1 aromatic heterocycles. The van der Waals surface area contributed by atoms with Crippen LogP contribution in [0.1, 0.15) is 31.1 Å². The van der Waals surface area contributed by atoms with Gasteiger partial charge < -0.3 is 15.0 Å². The van der Waals surface area contributed by atoms with Crippen LogP contribution in [0.3, 0.4) is 0 Å². The summed E-state index contributed by atoms with van der Waals surface area (Å²) in [6.45, 7) is 10.3. The maximum absolute atomic E-state index is 5.52. The molecule has 6 heteroatoms. The molecule has 2 unspecified atom stereocenters. The Kier molecular flexibility index (Phi) is 7.77. The average molecular weight is 379 g/mol. The molecular weight excluding hydrogens is 344 g/mol. The number of likely N-dealkylation sites (tertiary alicyclic amines) is 1. The van der Waals surface area contributed by atoms with E-state index in [4.69, 9.17) is 9.73 Å². The van der Waals surface area contributed by atoms with E-state index in [1.165, 1.54) is 37.2 Å². The van der Waals surface area contributed by atoms with Gasteiger partial charge in [-0.25, -0.2) is 0 Å². The number of hydrogen-bond acceptors (Lipinski definition) is 4. The van der Waals surface area contributed by atoms with Gasteiger partial charge in [-0.05, 0) is 50.1 Å². The molecular formula is C20H34N4OS. The Balaban J connectivity index is 1.50. The highest BCUT2D eigenvalue weighted by Crippen LogP contribution is 2.21. The summed E-state index contributed by atoms with van der Waals surface area (Å²) in [7, 11) is 2.16. The number of piperidine rings is 1. The predicted molar refractivity (Wildman–Crippen MR) is 110 cm³/mol. The highest BCUT2D eigenvalue weighted by Gasteiger charge is 2.22. The van der Waals surface area contributed by atoms with Crippen molar-refractivity contribution in [2.24, 2.45) is 16.8 Å². The monoisotopic (exact) mass is 378 g/mol. The van der Waals surface area contributed by atoms with Crippen LogP contribution in [0.15, 0.2) is 22.5 Å². The summed E-state index contributed by atoms with van der Waals surface area (Å²) in [6.07, 6.45) is 3.76. The minimum absolute atomic E-state index is 0.639. The van der Waals surface area contributed by atoms with Crippen molar-refractivity contribution < 1.29 is 4.74 Å². The quantitative estimate of drug-likeness (QED) is 0.585. The van der Waals surface area contributed by atoms with Crippen molar-refractivity contribution in [3.05, 3.63) is 22.4 Å². The molecule has 0 aromatic carbocycles. The van der Waals surface area contributed by atoms with Crippen LogP contribution in [-0.4, -0.2) is 68.7 Å². The summed E-state index contributed by atoms with van der Waals surface area (Å²) in [5, 5.41) is 5.64.